The van der Waals surface area contributed by atoms with Gasteiger partial charge >= 0.3 is 0 Å². The van der Waals surface area contributed by atoms with Gasteiger partial charge in [0.15, 0.2) is 5.78 Å². The molecule has 0 radical (unpaired) electrons. The van der Waals surface area contributed by atoms with Crippen LogP contribution in [-0.2, 0) is 4.79 Å². The van der Waals surface area contributed by atoms with Gasteiger partial charge in [-0.3, -0.25) is 4.79 Å². The quantitative estimate of drug-likeness (QED) is 0.531. The Hall–Kier alpha value is -0.410. The molecule has 2 atom stereocenters. The summed E-state index contributed by atoms with van der Waals surface area (Å²) in [4.78, 5) is 11.0. The van der Waals surface area contributed by atoms with Crippen molar-refractivity contribution in [3.8, 4) is 0 Å². The zero-order chi connectivity index (χ0) is 8.27. The van der Waals surface area contributed by atoms with Gasteiger partial charge in [-0.2, -0.15) is 0 Å². The van der Waals surface area contributed by atoms with Crippen LogP contribution in [0.1, 0.15) is 32.1 Å². The summed E-state index contributed by atoms with van der Waals surface area (Å²) in [6, 6.07) is 0. The number of aliphatic hydroxyl groups is 2. The maximum absolute atomic E-state index is 11.0. The molecule has 0 saturated heterocycles. The first-order valence-corrected chi connectivity index (χ1v) is 4.10. The Bertz CT molecular complexity index is 144. The second-order valence-electron chi connectivity index (χ2n) is 3.08. The van der Waals surface area contributed by atoms with Crippen molar-refractivity contribution in [2.24, 2.45) is 0 Å². The first-order chi connectivity index (χ1) is 5.22. The second-order valence-corrected chi connectivity index (χ2v) is 3.08. The van der Waals surface area contributed by atoms with E-state index >= 15 is 0 Å². The number of ketones is 1. The Morgan fingerprint density at radius 3 is 2.64 bits per heavy atom. The lowest BCUT2D eigenvalue weighted by Crippen LogP contribution is -2.34. The van der Waals surface area contributed by atoms with E-state index in [0.717, 1.165) is 19.3 Å². The smallest absolute Gasteiger partial charge is 0.163 e. The monoisotopic (exact) mass is 158 g/mol. The van der Waals surface area contributed by atoms with Gasteiger partial charge < -0.3 is 10.2 Å². The van der Waals surface area contributed by atoms with Gasteiger partial charge in [-0.05, 0) is 12.8 Å². The van der Waals surface area contributed by atoms with E-state index in [9.17, 15) is 9.90 Å². The Morgan fingerprint density at radius 1 is 1.18 bits per heavy atom. The van der Waals surface area contributed by atoms with Crippen molar-refractivity contribution in [2.45, 2.75) is 44.3 Å². The van der Waals surface area contributed by atoms with E-state index in [1.165, 1.54) is 0 Å². The van der Waals surface area contributed by atoms with Crippen LogP contribution in [-0.4, -0.2) is 28.2 Å². The van der Waals surface area contributed by atoms with Crippen molar-refractivity contribution in [2.75, 3.05) is 0 Å². The molecule has 1 aliphatic rings. The minimum atomic E-state index is -1.13. The number of rotatable bonds is 0. The molecule has 0 bridgehead atoms. The largest absolute Gasteiger partial charge is 0.390 e. The summed E-state index contributed by atoms with van der Waals surface area (Å²) in [5.74, 6) is -0.211. The lowest BCUT2D eigenvalue weighted by atomic mass is 9.95. The fraction of sp³-hybridized carbons (Fsp3) is 0.875. The zero-order valence-electron chi connectivity index (χ0n) is 6.49. The number of aliphatic hydroxyl groups excluding tert-OH is 2. The standard InChI is InChI=1S/C8H14O3/c9-6-4-2-1-3-5-7(10)8(6)11/h6,8-9,11H,1-5H2/t6-,8-/m1/s1. The number of hydrogen-bond acceptors (Lipinski definition) is 3. The highest BCUT2D eigenvalue weighted by Gasteiger charge is 2.24. The molecule has 1 saturated carbocycles. The van der Waals surface area contributed by atoms with Crippen LogP contribution < -0.4 is 0 Å². The molecule has 0 aromatic carbocycles. The molecule has 1 fully saturated rings. The molecular weight excluding hydrogens is 144 g/mol. The number of carbonyl (C=O) groups excluding carboxylic acids is 1. The average molecular weight is 158 g/mol. The Kier molecular flexibility index (Phi) is 3.02. The fourth-order valence-corrected chi connectivity index (χ4v) is 1.35. The summed E-state index contributed by atoms with van der Waals surface area (Å²) in [7, 11) is 0. The average Bonchev–Trinajstić information content (AvgIpc) is 2.00. The molecular formula is C8H14O3. The third-order valence-corrected chi connectivity index (χ3v) is 2.12. The predicted octanol–water partition coefficient (Wildman–Crippen LogP) is 0.241. The SMILES string of the molecule is O=C1CCCCC[C@@H](O)[C@H]1O. The van der Waals surface area contributed by atoms with E-state index < -0.39 is 12.2 Å². The second kappa shape index (κ2) is 3.83. The van der Waals surface area contributed by atoms with E-state index in [1.807, 2.05) is 0 Å². The molecule has 0 aromatic heterocycles. The minimum absolute atomic E-state index is 0.211. The molecule has 1 aliphatic carbocycles. The number of hydrogen-bond donors (Lipinski definition) is 2. The first-order valence-electron chi connectivity index (χ1n) is 4.10. The molecule has 1 rings (SSSR count). The highest BCUT2D eigenvalue weighted by Crippen LogP contribution is 2.14. The molecule has 0 unspecified atom stereocenters. The van der Waals surface area contributed by atoms with Gasteiger partial charge in [0, 0.05) is 6.42 Å². The zero-order valence-corrected chi connectivity index (χ0v) is 6.49. The van der Waals surface area contributed by atoms with Crippen molar-refractivity contribution in [1.82, 2.24) is 0 Å². The van der Waals surface area contributed by atoms with E-state index in [2.05, 4.69) is 0 Å². The molecule has 64 valence electrons. The summed E-state index contributed by atoms with van der Waals surface area (Å²) < 4.78 is 0. The van der Waals surface area contributed by atoms with Crippen LogP contribution in [0, 0.1) is 0 Å². The molecule has 0 heterocycles. The van der Waals surface area contributed by atoms with Gasteiger partial charge in [-0.25, -0.2) is 0 Å². The van der Waals surface area contributed by atoms with Crippen molar-refractivity contribution in [3.05, 3.63) is 0 Å². The summed E-state index contributed by atoms with van der Waals surface area (Å²) in [5, 5.41) is 18.3. The maximum atomic E-state index is 11.0. The molecule has 2 N–H and O–H groups in total. The molecule has 0 aliphatic heterocycles. The van der Waals surface area contributed by atoms with Gasteiger partial charge in [0.05, 0.1) is 6.10 Å². The Labute approximate surface area is 66.0 Å². The summed E-state index contributed by atoms with van der Waals surface area (Å²) in [6.45, 7) is 0. The third kappa shape index (κ3) is 2.27. The van der Waals surface area contributed by atoms with Gasteiger partial charge in [-0.15, -0.1) is 0 Å². The Balaban J connectivity index is 2.49. The molecule has 3 nitrogen and oxygen atoms in total. The fourth-order valence-electron chi connectivity index (χ4n) is 1.35. The molecule has 3 heteroatoms. The molecule has 0 spiro atoms. The highest BCUT2D eigenvalue weighted by molar-refractivity contribution is 5.83. The summed E-state index contributed by atoms with van der Waals surface area (Å²) in [6.07, 6.45) is 1.74. The lowest BCUT2D eigenvalue weighted by molar-refractivity contribution is -0.133. The van der Waals surface area contributed by atoms with Crippen LogP contribution >= 0.6 is 0 Å². The Morgan fingerprint density at radius 2 is 1.91 bits per heavy atom. The number of Topliss-reactive ketones (excluding diaryl/α,β-unsaturated/α-hetero) is 1. The van der Waals surface area contributed by atoms with E-state index in [1.54, 1.807) is 0 Å². The van der Waals surface area contributed by atoms with Crippen LogP contribution in [0.25, 0.3) is 0 Å². The normalized spacial score (nSPS) is 34.5. The van der Waals surface area contributed by atoms with Gasteiger partial charge in [0.2, 0.25) is 0 Å². The van der Waals surface area contributed by atoms with Crippen LogP contribution in [0.4, 0.5) is 0 Å². The highest BCUT2D eigenvalue weighted by atomic mass is 16.3. The lowest BCUT2D eigenvalue weighted by Gasteiger charge is -2.19. The van der Waals surface area contributed by atoms with Crippen LogP contribution in [0.3, 0.4) is 0 Å². The van der Waals surface area contributed by atoms with Crippen LogP contribution in [0.5, 0.6) is 0 Å². The minimum Gasteiger partial charge on any atom is -0.390 e. The van der Waals surface area contributed by atoms with Crippen molar-refractivity contribution in [3.63, 3.8) is 0 Å². The van der Waals surface area contributed by atoms with Crippen LogP contribution in [0.15, 0.2) is 0 Å². The first kappa shape index (κ1) is 8.68. The van der Waals surface area contributed by atoms with Gasteiger partial charge in [0.25, 0.3) is 0 Å². The molecule has 0 aromatic rings. The molecule has 0 amide bonds. The third-order valence-electron chi connectivity index (χ3n) is 2.12. The van der Waals surface area contributed by atoms with Gasteiger partial charge in [0.1, 0.15) is 6.10 Å². The molecule has 11 heavy (non-hydrogen) atoms. The topological polar surface area (TPSA) is 57.5 Å². The van der Waals surface area contributed by atoms with Crippen molar-refractivity contribution in [1.29, 1.82) is 0 Å². The van der Waals surface area contributed by atoms with Crippen LogP contribution in [0.2, 0.25) is 0 Å². The van der Waals surface area contributed by atoms with E-state index in [0.29, 0.717) is 12.8 Å². The van der Waals surface area contributed by atoms with Gasteiger partial charge in [-0.1, -0.05) is 12.8 Å². The summed E-state index contributed by atoms with van der Waals surface area (Å²) >= 11 is 0. The predicted molar refractivity (Wildman–Crippen MR) is 40.1 cm³/mol. The van der Waals surface area contributed by atoms with Crippen molar-refractivity contribution < 1.29 is 15.0 Å². The van der Waals surface area contributed by atoms with Crippen molar-refractivity contribution >= 4 is 5.78 Å². The van der Waals surface area contributed by atoms with E-state index in [-0.39, 0.29) is 5.78 Å². The summed E-state index contributed by atoms with van der Waals surface area (Å²) in [5.41, 5.74) is 0. The van der Waals surface area contributed by atoms with E-state index in [4.69, 9.17) is 5.11 Å². The number of carbonyl (C=O) groups is 1. The maximum Gasteiger partial charge on any atom is 0.163 e.